The highest BCUT2D eigenvalue weighted by Crippen LogP contribution is 2.36. The van der Waals surface area contributed by atoms with Gasteiger partial charge in [-0.05, 0) is 25.0 Å². The summed E-state index contributed by atoms with van der Waals surface area (Å²) in [4.78, 5) is 27.5. The summed E-state index contributed by atoms with van der Waals surface area (Å²) in [6, 6.07) is 7.86. The minimum absolute atomic E-state index is 0.168. The van der Waals surface area contributed by atoms with Gasteiger partial charge in [-0.2, -0.15) is 13.2 Å². The lowest BCUT2D eigenvalue weighted by molar-refractivity contribution is -0.138. The Hall–Kier alpha value is -3.62. The lowest BCUT2D eigenvalue weighted by atomic mass is 10.00. The van der Waals surface area contributed by atoms with Crippen LogP contribution in [0.3, 0.4) is 0 Å². The molecular weight excluding hydrogens is 499 g/mol. The molecule has 0 radical (unpaired) electrons. The summed E-state index contributed by atoms with van der Waals surface area (Å²) in [5, 5.41) is 0.431. The van der Waals surface area contributed by atoms with Gasteiger partial charge >= 0.3 is 17.8 Å². The van der Waals surface area contributed by atoms with Gasteiger partial charge in [0.1, 0.15) is 0 Å². The first-order chi connectivity index (χ1) is 18.3. The van der Waals surface area contributed by atoms with Gasteiger partial charge in [0.15, 0.2) is 5.58 Å². The first-order valence-electron chi connectivity index (χ1n) is 12.8. The lowest BCUT2D eigenvalue weighted by Crippen LogP contribution is -2.11. The van der Waals surface area contributed by atoms with Gasteiger partial charge in [0.25, 0.3) is 0 Å². The highest BCUT2D eigenvalue weighted by atomic mass is 19.4. The molecule has 2 heterocycles. The van der Waals surface area contributed by atoms with Crippen molar-refractivity contribution in [1.29, 1.82) is 0 Å². The highest BCUT2D eigenvalue weighted by molar-refractivity contribution is 5.82. The first kappa shape index (κ1) is 28.9. The summed E-state index contributed by atoms with van der Waals surface area (Å²) < 4.78 is 56.2. The van der Waals surface area contributed by atoms with Gasteiger partial charge in [0.05, 0.1) is 30.5 Å². The molecule has 2 aromatic heterocycles. The molecule has 6 nitrogen and oxygen atoms in total. The number of ether oxygens (including phenoxy) is 2. The minimum atomic E-state index is -4.60. The Morgan fingerprint density at radius 1 is 0.921 bits per heavy atom. The molecular formula is C29H32F3NO5. The number of nitrogens with zero attached hydrogens (tertiary/aromatic N) is 1. The van der Waals surface area contributed by atoms with Gasteiger partial charge in [-0.25, -0.2) is 14.6 Å². The van der Waals surface area contributed by atoms with Crippen molar-refractivity contribution in [2.75, 3.05) is 13.2 Å². The normalized spacial score (nSPS) is 11.4. The van der Waals surface area contributed by atoms with Crippen molar-refractivity contribution in [2.45, 2.75) is 64.0 Å². The molecule has 0 saturated heterocycles. The molecule has 0 fully saturated rings. The van der Waals surface area contributed by atoms with E-state index in [9.17, 15) is 22.8 Å². The Morgan fingerprint density at radius 2 is 1.55 bits per heavy atom. The van der Waals surface area contributed by atoms with Crippen molar-refractivity contribution in [2.24, 2.45) is 0 Å². The Labute approximate surface area is 219 Å². The topological polar surface area (TPSA) is 78.6 Å². The van der Waals surface area contributed by atoms with E-state index in [0.717, 1.165) is 63.9 Å². The molecule has 9 heteroatoms. The molecule has 3 aromatic rings. The smallest absolute Gasteiger partial charge is 0.417 e. The van der Waals surface area contributed by atoms with E-state index < -0.39 is 17.4 Å². The number of carbonyl (C=O) groups is 1. The highest BCUT2D eigenvalue weighted by Gasteiger charge is 2.34. The van der Waals surface area contributed by atoms with Gasteiger partial charge in [0, 0.05) is 23.1 Å². The molecule has 0 aliphatic carbocycles. The van der Waals surface area contributed by atoms with Gasteiger partial charge in [-0.15, -0.1) is 0 Å². The molecule has 3 rings (SSSR count). The van der Waals surface area contributed by atoms with E-state index >= 15 is 0 Å². The molecule has 0 aliphatic rings. The van der Waals surface area contributed by atoms with E-state index in [2.05, 4.69) is 11.6 Å². The van der Waals surface area contributed by atoms with Crippen LogP contribution in [0.25, 0.3) is 22.1 Å². The summed E-state index contributed by atoms with van der Waals surface area (Å²) in [6.45, 7) is 4.26. The van der Waals surface area contributed by atoms with Crippen LogP contribution in [0.2, 0.25) is 0 Å². The van der Waals surface area contributed by atoms with E-state index in [-0.39, 0.29) is 22.7 Å². The molecule has 0 atom stereocenters. The number of carbonyl (C=O) groups excluding carboxylic acids is 1. The molecule has 1 aromatic carbocycles. The van der Waals surface area contributed by atoms with Crippen LogP contribution in [0.1, 0.15) is 63.4 Å². The second kappa shape index (κ2) is 14.4. The molecule has 0 aliphatic heterocycles. The van der Waals surface area contributed by atoms with Gasteiger partial charge in [-0.1, -0.05) is 69.7 Å². The summed E-state index contributed by atoms with van der Waals surface area (Å²) >= 11 is 0. The summed E-state index contributed by atoms with van der Waals surface area (Å²) in [7, 11) is 0. The second-order valence-electron chi connectivity index (χ2n) is 8.95. The van der Waals surface area contributed by atoms with E-state index in [4.69, 9.17) is 13.9 Å². The Kier molecular flexibility index (Phi) is 10.9. The van der Waals surface area contributed by atoms with Crippen molar-refractivity contribution < 1.29 is 31.9 Å². The standard InChI is InChI=1S/C29H32F3NO5/c1-2-27(34)37-17-13-9-7-5-3-4-6-8-12-16-36-26-19-21-18-23(28(35)38-25(21)20-33-26)22-14-10-11-15-24(22)29(30,31)32/h2,10-11,14-15,18-20H,1,3-9,12-13,16-17H2. The van der Waals surface area contributed by atoms with Crippen LogP contribution in [-0.4, -0.2) is 24.2 Å². The summed E-state index contributed by atoms with van der Waals surface area (Å²) in [5.74, 6) is -0.0564. The van der Waals surface area contributed by atoms with E-state index in [1.54, 1.807) is 6.07 Å². The van der Waals surface area contributed by atoms with Crippen LogP contribution in [0.5, 0.6) is 5.88 Å². The molecule has 204 valence electrons. The van der Waals surface area contributed by atoms with Crippen LogP contribution < -0.4 is 10.4 Å². The first-order valence-corrected chi connectivity index (χ1v) is 12.8. The van der Waals surface area contributed by atoms with Crippen LogP contribution in [0.4, 0.5) is 13.2 Å². The zero-order valence-corrected chi connectivity index (χ0v) is 21.2. The van der Waals surface area contributed by atoms with Gasteiger partial charge in [-0.3, -0.25) is 0 Å². The molecule has 0 spiro atoms. The van der Waals surface area contributed by atoms with Crippen molar-refractivity contribution in [3.05, 3.63) is 71.2 Å². The number of halogens is 3. The molecule has 0 unspecified atom stereocenters. The van der Waals surface area contributed by atoms with Gasteiger partial charge in [0.2, 0.25) is 5.88 Å². The van der Waals surface area contributed by atoms with Crippen molar-refractivity contribution in [3.8, 4) is 17.0 Å². The average Bonchev–Trinajstić information content (AvgIpc) is 2.90. The Morgan fingerprint density at radius 3 is 2.21 bits per heavy atom. The fourth-order valence-electron chi connectivity index (χ4n) is 4.09. The number of rotatable bonds is 15. The van der Waals surface area contributed by atoms with Crippen LogP contribution in [0, 0.1) is 0 Å². The van der Waals surface area contributed by atoms with Crippen LogP contribution >= 0.6 is 0 Å². The number of benzene rings is 1. The van der Waals surface area contributed by atoms with Crippen molar-refractivity contribution in [3.63, 3.8) is 0 Å². The number of pyridine rings is 1. The molecule has 0 amide bonds. The maximum atomic E-state index is 13.4. The number of hydrogen-bond donors (Lipinski definition) is 0. The largest absolute Gasteiger partial charge is 0.478 e. The average molecular weight is 532 g/mol. The van der Waals surface area contributed by atoms with E-state index in [0.29, 0.717) is 24.5 Å². The Balaban J connectivity index is 1.42. The predicted octanol–water partition coefficient (Wildman–Crippen LogP) is 7.49. The molecule has 0 bridgehead atoms. The fraction of sp³-hybridized carbons (Fsp3) is 0.414. The zero-order chi connectivity index (χ0) is 27.4. The SMILES string of the molecule is C=CC(=O)OCCCCCCCCCCCOc1cc2cc(-c3ccccc3C(F)(F)F)c(=O)oc2cn1. The number of unbranched alkanes of at least 4 members (excludes halogenated alkanes) is 8. The lowest BCUT2D eigenvalue weighted by Gasteiger charge is -2.12. The summed E-state index contributed by atoms with van der Waals surface area (Å²) in [5.41, 5.74) is -1.99. The zero-order valence-electron chi connectivity index (χ0n) is 21.2. The van der Waals surface area contributed by atoms with Crippen LogP contribution in [0.15, 0.2) is 64.5 Å². The quantitative estimate of drug-likeness (QED) is 0.115. The molecule has 0 N–H and O–H groups in total. The maximum Gasteiger partial charge on any atom is 0.417 e. The van der Waals surface area contributed by atoms with Crippen molar-refractivity contribution in [1.82, 2.24) is 4.98 Å². The molecule has 38 heavy (non-hydrogen) atoms. The van der Waals surface area contributed by atoms with Crippen LogP contribution in [-0.2, 0) is 15.7 Å². The van der Waals surface area contributed by atoms with Crippen molar-refractivity contribution >= 4 is 16.9 Å². The third kappa shape index (κ3) is 8.75. The second-order valence-corrected chi connectivity index (χ2v) is 8.95. The predicted molar refractivity (Wildman–Crippen MR) is 139 cm³/mol. The summed E-state index contributed by atoms with van der Waals surface area (Å²) in [6.07, 6.45) is 7.34. The third-order valence-electron chi connectivity index (χ3n) is 6.07. The third-order valence-corrected chi connectivity index (χ3v) is 6.07. The number of aromatic nitrogens is 1. The van der Waals surface area contributed by atoms with Gasteiger partial charge < -0.3 is 13.9 Å². The fourth-order valence-corrected chi connectivity index (χ4v) is 4.09. The van der Waals surface area contributed by atoms with E-state index in [1.807, 2.05) is 0 Å². The Bertz CT molecular complexity index is 1270. The minimum Gasteiger partial charge on any atom is -0.478 e. The number of hydrogen-bond acceptors (Lipinski definition) is 6. The molecule has 0 saturated carbocycles. The number of fused-ring (bicyclic) bond motifs is 1. The monoisotopic (exact) mass is 531 g/mol. The maximum absolute atomic E-state index is 13.4. The number of alkyl halides is 3. The number of esters is 1. The van der Waals surface area contributed by atoms with E-state index in [1.165, 1.54) is 36.5 Å².